The molecule has 0 spiro atoms. The van der Waals surface area contributed by atoms with Crippen molar-refractivity contribution in [2.24, 2.45) is 11.3 Å². The van der Waals surface area contributed by atoms with Crippen LogP contribution in [-0.2, 0) is 4.74 Å². The van der Waals surface area contributed by atoms with E-state index in [9.17, 15) is 0 Å². The number of nitrogens with one attached hydrogen (secondary N) is 1. The first-order chi connectivity index (χ1) is 8.05. The summed E-state index contributed by atoms with van der Waals surface area (Å²) >= 11 is 0. The highest BCUT2D eigenvalue weighted by Gasteiger charge is 2.38. The van der Waals surface area contributed by atoms with Crippen molar-refractivity contribution < 1.29 is 4.74 Å². The van der Waals surface area contributed by atoms with Crippen LogP contribution in [0.5, 0.6) is 0 Å². The van der Waals surface area contributed by atoms with Crippen LogP contribution >= 0.6 is 0 Å². The minimum absolute atomic E-state index is 0.456. The Bertz CT molecular complexity index is 212. The van der Waals surface area contributed by atoms with E-state index in [2.05, 4.69) is 37.9 Å². The van der Waals surface area contributed by atoms with Gasteiger partial charge < -0.3 is 10.1 Å². The maximum Gasteiger partial charge on any atom is 0.0615 e. The van der Waals surface area contributed by atoms with Crippen molar-refractivity contribution >= 4 is 0 Å². The van der Waals surface area contributed by atoms with Gasteiger partial charge in [0.1, 0.15) is 0 Å². The van der Waals surface area contributed by atoms with Crippen LogP contribution in [0, 0.1) is 11.3 Å². The van der Waals surface area contributed by atoms with E-state index in [0.717, 1.165) is 19.1 Å². The summed E-state index contributed by atoms with van der Waals surface area (Å²) in [7, 11) is 1.79. The van der Waals surface area contributed by atoms with Gasteiger partial charge in [-0.1, -0.05) is 20.8 Å². The van der Waals surface area contributed by atoms with Crippen LogP contribution in [0.4, 0.5) is 0 Å². The molecular weight excluding hydrogens is 212 g/mol. The topological polar surface area (TPSA) is 24.5 Å². The van der Waals surface area contributed by atoms with E-state index in [0.29, 0.717) is 11.5 Å². The molecule has 0 amide bonds. The lowest BCUT2D eigenvalue weighted by Gasteiger charge is -2.40. The van der Waals surface area contributed by atoms with Crippen molar-refractivity contribution in [3.8, 4) is 0 Å². The number of hydrogen-bond donors (Lipinski definition) is 1. The van der Waals surface area contributed by atoms with Crippen molar-refractivity contribution in [3.63, 3.8) is 0 Å². The van der Waals surface area contributed by atoms with E-state index in [4.69, 9.17) is 4.74 Å². The molecule has 1 aliphatic heterocycles. The Morgan fingerprint density at radius 2 is 2.06 bits per heavy atom. The zero-order chi connectivity index (χ0) is 12.9. The third-order valence-corrected chi connectivity index (χ3v) is 4.46. The highest BCUT2D eigenvalue weighted by molar-refractivity contribution is 4.93. The highest BCUT2D eigenvalue weighted by Crippen LogP contribution is 2.35. The zero-order valence-electron chi connectivity index (χ0n) is 12.3. The Kier molecular flexibility index (Phi) is 5.90. The Morgan fingerprint density at radius 1 is 1.35 bits per heavy atom. The molecule has 0 saturated carbocycles. The Balaban J connectivity index is 2.64. The minimum atomic E-state index is 0.456. The summed E-state index contributed by atoms with van der Waals surface area (Å²) in [5.74, 6) is 0.737. The maximum absolute atomic E-state index is 5.29. The summed E-state index contributed by atoms with van der Waals surface area (Å²) in [6.45, 7) is 14.7. The second-order valence-corrected chi connectivity index (χ2v) is 5.81. The lowest BCUT2D eigenvalue weighted by molar-refractivity contribution is 0.0541. The largest absolute Gasteiger partial charge is 0.383 e. The van der Waals surface area contributed by atoms with E-state index >= 15 is 0 Å². The molecule has 0 aromatic heterocycles. The monoisotopic (exact) mass is 242 g/mol. The molecule has 2 unspecified atom stereocenters. The van der Waals surface area contributed by atoms with Crippen molar-refractivity contribution in [3.05, 3.63) is 0 Å². The average molecular weight is 242 g/mol. The van der Waals surface area contributed by atoms with Crippen LogP contribution in [0.2, 0.25) is 0 Å². The fourth-order valence-electron chi connectivity index (χ4n) is 2.90. The van der Waals surface area contributed by atoms with Gasteiger partial charge in [-0.05, 0) is 37.8 Å². The quantitative estimate of drug-likeness (QED) is 0.739. The van der Waals surface area contributed by atoms with Crippen LogP contribution in [-0.4, -0.2) is 50.8 Å². The molecule has 0 aliphatic carbocycles. The van der Waals surface area contributed by atoms with Crippen LogP contribution in [0.15, 0.2) is 0 Å². The molecule has 17 heavy (non-hydrogen) atoms. The van der Waals surface area contributed by atoms with Gasteiger partial charge in [-0.2, -0.15) is 0 Å². The Morgan fingerprint density at radius 3 is 2.47 bits per heavy atom. The molecule has 1 fully saturated rings. The second-order valence-electron chi connectivity index (χ2n) is 5.81. The van der Waals surface area contributed by atoms with E-state index in [-0.39, 0.29) is 0 Å². The zero-order valence-corrected chi connectivity index (χ0v) is 12.3. The van der Waals surface area contributed by atoms with Gasteiger partial charge >= 0.3 is 0 Å². The van der Waals surface area contributed by atoms with Gasteiger partial charge in [-0.15, -0.1) is 0 Å². The summed E-state index contributed by atoms with van der Waals surface area (Å²) in [6, 6.07) is 0.515. The van der Waals surface area contributed by atoms with E-state index < -0.39 is 0 Å². The molecule has 1 aliphatic rings. The fourth-order valence-corrected chi connectivity index (χ4v) is 2.90. The van der Waals surface area contributed by atoms with Gasteiger partial charge in [0, 0.05) is 26.2 Å². The van der Waals surface area contributed by atoms with Crippen molar-refractivity contribution in [2.45, 2.75) is 40.2 Å². The smallest absolute Gasteiger partial charge is 0.0615 e. The Labute approximate surface area is 107 Å². The molecule has 3 nitrogen and oxygen atoms in total. The van der Waals surface area contributed by atoms with Gasteiger partial charge in [0.2, 0.25) is 0 Å². The first-order valence-corrected chi connectivity index (χ1v) is 6.99. The number of hydrogen-bond acceptors (Lipinski definition) is 3. The SMILES string of the molecule is CCN(CC1(C(C)C)CCNC1)C(C)COC. The third kappa shape index (κ3) is 3.67. The van der Waals surface area contributed by atoms with Crippen molar-refractivity contribution in [2.75, 3.05) is 39.9 Å². The molecule has 1 saturated heterocycles. The number of nitrogens with zero attached hydrogens (tertiary/aromatic N) is 1. The predicted octanol–water partition coefficient (Wildman–Crippen LogP) is 1.98. The molecule has 0 aromatic carbocycles. The van der Waals surface area contributed by atoms with Gasteiger partial charge in [0.25, 0.3) is 0 Å². The molecule has 1 N–H and O–H groups in total. The lowest BCUT2D eigenvalue weighted by atomic mass is 9.76. The molecule has 0 bridgehead atoms. The molecule has 0 radical (unpaired) electrons. The summed E-state index contributed by atoms with van der Waals surface area (Å²) < 4.78 is 5.29. The van der Waals surface area contributed by atoms with E-state index in [1.807, 2.05) is 0 Å². The van der Waals surface area contributed by atoms with Crippen LogP contribution in [0.25, 0.3) is 0 Å². The molecule has 102 valence electrons. The lowest BCUT2D eigenvalue weighted by Crippen LogP contribution is -2.47. The molecule has 2 atom stereocenters. The number of rotatable bonds is 7. The summed E-state index contributed by atoms with van der Waals surface area (Å²) in [6.07, 6.45) is 1.31. The van der Waals surface area contributed by atoms with Gasteiger partial charge in [-0.3, -0.25) is 4.90 Å². The van der Waals surface area contributed by atoms with Crippen molar-refractivity contribution in [1.29, 1.82) is 0 Å². The first kappa shape index (κ1) is 14.9. The van der Waals surface area contributed by atoms with Gasteiger partial charge in [0.05, 0.1) is 6.61 Å². The van der Waals surface area contributed by atoms with E-state index in [1.165, 1.54) is 26.1 Å². The fraction of sp³-hybridized carbons (Fsp3) is 1.00. The number of methoxy groups -OCH3 is 1. The summed E-state index contributed by atoms with van der Waals surface area (Å²) in [5, 5.41) is 3.54. The molecular formula is C14H30N2O. The van der Waals surface area contributed by atoms with Crippen molar-refractivity contribution in [1.82, 2.24) is 10.2 Å². The summed E-state index contributed by atoms with van der Waals surface area (Å²) in [5.41, 5.74) is 0.456. The maximum atomic E-state index is 5.29. The second kappa shape index (κ2) is 6.72. The summed E-state index contributed by atoms with van der Waals surface area (Å²) in [4.78, 5) is 2.57. The number of ether oxygens (including phenoxy) is 1. The average Bonchev–Trinajstić information content (AvgIpc) is 2.76. The van der Waals surface area contributed by atoms with Gasteiger partial charge in [-0.25, -0.2) is 0 Å². The minimum Gasteiger partial charge on any atom is -0.383 e. The standard InChI is InChI=1S/C14H30N2O/c1-6-16(13(4)9-17-5)11-14(12(2)3)7-8-15-10-14/h12-13,15H,6-11H2,1-5H3. The van der Waals surface area contributed by atoms with Crippen LogP contribution < -0.4 is 5.32 Å². The molecule has 3 heteroatoms. The predicted molar refractivity (Wildman–Crippen MR) is 73.3 cm³/mol. The highest BCUT2D eigenvalue weighted by atomic mass is 16.5. The molecule has 0 aromatic rings. The first-order valence-electron chi connectivity index (χ1n) is 6.99. The van der Waals surface area contributed by atoms with Gasteiger partial charge in [0.15, 0.2) is 0 Å². The Hall–Kier alpha value is -0.120. The van der Waals surface area contributed by atoms with Crippen LogP contribution in [0.1, 0.15) is 34.1 Å². The van der Waals surface area contributed by atoms with Crippen LogP contribution in [0.3, 0.4) is 0 Å². The number of likely N-dealkylation sites (N-methyl/N-ethyl adjacent to an activating group) is 1. The van der Waals surface area contributed by atoms with E-state index in [1.54, 1.807) is 7.11 Å². The third-order valence-electron chi connectivity index (χ3n) is 4.46. The normalized spacial score (nSPS) is 27.0. The molecule has 1 heterocycles. The molecule has 1 rings (SSSR count).